The van der Waals surface area contributed by atoms with E-state index in [4.69, 9.17) is 5.11 Å². The first-order valence-electron chi connectivity index (χ1n) is 5.83. The summed E-state index contributed by atoms with van der Waals surface area (Å²) in [6.07, 6.45) is -4.54. The Labute approximate surface area is 113 Å². The van der Waals surface area contributed by atoms with Gasteiger partial charge in [0, 0.05) is 6.04 Å². The zero-order chi connectivity index (χ0) is 15.5. The van der Waals surface area contributed by atoms with E-state index in [2.05, 4.69) is 0 Å². The van der Waals surface area contributed by atoms with E-state index in [0.717, 1.165) is 0 Å². The molecule has 1 N–H and O–H groups in total. The van der Waals surface area contributed by atoms with Crippen LogP contribution in [0, 0.1) is 0 Å². The molecule has 0 fully saturated rings. The molecule has 0 aliphatic heterocycles. The fourth-order valence-electron chi connectivity index (χ4n) is 1.69. The zero-order valence-electron chi connectivity index (χ0n) is 10.9. The number of benzene rings is 1. The lowest BCUT2D eigenvalue weighted by molar-refractivity contribution is -0.143. The van der Waals surface area contributed by atoms with E-state index in [9.17, 15) is 22.8 Å². The molecule has 1 aromatic carbocycles. The van der Waals surface area contributed by atoms with Crippen molar-refractivity contribution in [1.82, 2.24) is 4.90 Å². The Morgan fingerprint density at radius 1 is 1.20 bits per heavy atom. The van der Waals surface area contributed by atoms with Crippen molar-refractivity contribution in [2.24, 2.45) is 0 Å². The smallest absolute Gasteiger partial charge is 0.406 e. The average Bonchev–Trinajstić information content (AvgIpc) is 2.33. The number of carbonyl (C=O) groups excluding carboxylic acids is 1. The summed E-state index contributed by atoms with van der Waals surface area (Å²) >= 11 is 0. The Bertz CT molecular complexity index is 512. The van der Waals surface area contributed by atoms with Gasteiger partial charge in [-0.15, -0.1) is 0 Å². The fraction of sp³-hybridized carbons (Fsp3) is 0.385. The van der Waals surface area contributed by atoms with Crippen LogP contribution in [0.3, 0.4) is 0 Å². The molecular formula is C13H14F3NO3. The molecule has 0 atom stereocenters. The van der Waals surface area contributed by atoms with E-state index >= 15 is 0 Å². The van der Waals surface area contributed by atoms with Crippen molar-refractivity contribution in [2.45, 2.75) is 26.1 Å². The summed E-state index contributed by atoms with van der Waals surface area (Å²) in [6, 6.07) is 4.50. The predicted octanol–water partition coefficient (Wildman–Crippen LogP) is 2.80. The number of alkyl halides is 3. The van der Waals surface area contributed by atoms with Gasteiger partial charge in [-0.1, -0.05) is 12.1 Å². The van der Waals surface area contributed by atoms with Crippen molar-refractivity contribution in [3.63, 3.8) is 0 Å². The van der Waals surface area contributed by atoms with E-state index in [1.165, 1.54) is 38.1 Å². The first kappa shape index (κ1) is 16.0. The number of carbonyl (C=O) groups is 2. The second-order valence-corrected chi connectivity index (χ2v) is 4.49. The van der Waals surface area contributed by atoms with Crippen LogP contribution < -0.4 is 0 Å². The number of hydrogen-bond acceptors (Lipinski definition) is 2. The highest BCUT2D eigenvalue weighted by Gasteiger charge is 2.35. The van der Waals surface area contributed by atoms with Crippen LogP contribution >= 0.6 is 0 Å². The number of carboxylic acid groups (broad SMARTS) is 1. The Morgan fingerprint density at radius 2 is 1.70 bits per heavy atom. The van der Waals surface area contributed by atoms with Gasteiger partial charge in [-0.05, 0) is 26.0 Å². The number of halogens is 3. The van der Waals surface area contributed by atoms with Crippen molar-refractivity contribution in [3.8, 4) is 0 Å². The highest BCUT2D eigenvalue weighted by Crippen LogP contribution is 2.21. The van der Waals surface area contributed by atoms with Crippen LogP contribution in [0.25, 0.3) is 0 Å². The number of aromatic carboxylic acids is 1. The molecule has 1 rings (SSSR count). The van der Waals surface area contributed by atoms with Crippen LogP contribution in [-0.2, 0) is 0 Å². The summed E-state index contributed by atoms with van der Waals surface area (Å²) in [7, 11) is 0. The molecule has 20 heavy (non-hydrogen) atoms. The lowest BCUT2D eigenvalue weighted by atomic mass is 10.1. The van der Waals surface area contributed by atoms with E-state index in [1.54, 1.807) is 0 Å². The molecule has 0 saturated carbocycles. The molecule has 7 heteroatoms. The molecule has 1 amide bonds. The van der Waals surface area contributed by atoms with Crippen LogP contribution in [-0.4, -0.2) is 40.6 Å². The van der Waals surface area contributed by atoms with Gasteiger partial charge in [0.15, 0.2) is 0 Å². The van der Waals surface area contributed by atoms with Gasteiger partial charge in [-0.2, -0.15) is 13.2 Å². The summed E-state index contributed by atoms with van der Waals surface area (Å²) in [5, 5.41) is 8.97. The molecule has 0 aliphatic rings. The minimum Gasteiger partial charge on any atom is -0.478 e. The minimum absolute atomic E-state index is 0.252. The Morgan fingerprint density at radius 3 is 2.10 bits per heavy atom. The summed E-state index contributed by atoms with van der Waals surface area (Å²) in [4.78, 5) is 23.8. The molecule has 0 spiro atoms. The van der Waals surface area contributed by atoms with E-state index in [0.29, 0.717) is 4.90 Å². The predicted molar refractivity (Wildman–Crippen MR) is 65.6 cm³/mol. The van der Waals surface area contributed by atoms with Crippen molar-refractivity contribution in [3.05, 3.63) is 35.4 Å². The monoisotopic (exact) mass is 289 g/mol. The summed E-state index contributed by atoms with van der Waals surface area (Å²) < 4.78 is 37.5. The van der Waals surface area contributed by atoms with Gasteiger partial charge in [0.1, 0.15) is 6.54 Å². The van der Waals surface area contributed by atoms with Crippen molar-refractivity contribution in [1.29, 1.82) is 0 Å². The number of hydrogen-bond donors (Lipinski definition) is 1. The molecule has 0 aromatic heterocycles. The number of rotatable bonds is 4. The van der Waals surface area contributed by atoms with Gasteiger partial charge in [0.25, 0.3) is 5.91 Å². The maximum atomic E-state index is 12.5. The van der Waals surface area contributed by atoms with E-state index < -0.39 is 30.6 Å². The van der Waals surface area contributed by atoms with Crippen LogP contribution in [0.4, 0.5) is 13.2 Å². The third kappa shape index (κ3) is 3.97. The normalized spacial score (nSPS) is 11.5. The molecule has 0 unspecified atom stereocenters. The standard InChI is InChI=1S/C13H14F3NO3/c1-8(2)17(7-13(14,15)16)11(18)9-5-3-4-6-10(9)12(19)20/h3-6,8H,7H2,1-2H3,(H,19,20). The zero-order valence-corrected chi connectivity index (χ0v) is 10.9. The molecule has 0 heterocycles. The van der Waals surface area contributed by atoms with Gasteiger partial charge < -0.3 is 10.0 Å². The summed E-state index contributed by atoms with van der Waals surface area (Å²) in [6.45, 7) is 1.46. The molecule has 0 bridgehead atoms. The number of amides is 1. The molecule has 110 valence electrons. The van der Waals surface area contributed by atoms with Crippen LogP contribution in [0.1, 0.15) is 34.6 Å². The van der Waals surface area contributed by atoms with Gasteiger partial charge in [-0.25, -0.2) is 4.79 Å². The number of nitrogens with zero attached hydrogens (tertiary/aromatic N) is 1. The molecule has 4 nitrogen and oxygen atoms in total. The Hall–Kier alpha value is -2.05. The molecule has 0 saturated heterocycles. The molecule has 1 aromatic rings. The average molecular weight is 289 g/mol. The first-order valence-corrected chi connectivity index (χ1v) is 5.83. The second kappa shape index (κ2) is 5.94. The fourth-order valence-corrected chi connectivity index (χ4v) is 1.69. The van der Waals surface area contributed by atoms with Gasteiger partial charge in [0.2, 0.25) is 0 Å². The van der Waals surface area contributed by atoms with E-state index in [1.807, 2.05) is 0 Å². The molecule has 0 aliphatic carbocycles. The molecule has 0 radical (unpaired) electrons. The Balaban J connectivity index is 3.17. The first-order chi connectivity index (χ1) is 9.13. The van der Waals surface area contributed by atoms with Crippen molar-refractivity contribution >= 4 is 11.9 Å². The van der Waals surface area contributed by atoms with Crippen molar-refractivity contribution < 1.29 is 27.9 Å². The van der Waals surface area contributed by atoms with Gasteiger partial charge in [-0.3, -0.25) is 4.79 Å². The van der Waals surface area contributed by atoms with E-state index in [-0.39, 0.29) is 11.1 Å². The summed E-state index contributed by atoms with van der Waals surface area (Å²) in [5.74, 6) is -2.31. The van der Waals surface area contributed by atoms with Crippen LogP contribution in [0.2, 0.25) is 0 Å². The van der Waals surface area contributed by atoms with Gasteiger partial charge in [0.05, 0.1) is 11.1 Å². The highest BCUT2D eigenvalue weighted by molar-refractivity contribution is 6.04. The lowest BCUT2D eigenvalue weighted by Crippen LogP contribution is -2.43. The summed E-state index contributed by atoms with van der Waals surface area (Å²) in [5.41, 5.74) is -0.566. The van der Waals surface area contributed by atoms with Crippen LogP contribution in [0.5, 0.6) is 0 Å². The maximum Gasteiger partial charge on any atom is 0.406 e. The minimum atomic E-state index is -4.54. The van der Waals surface area contributed by atoms with Crippen LogP contribution in [0.15, 0.2) is 24.3 Å². The molecular weight excluding hydrogens is 275 g/mol. The quantitative estimate of drug-likeness (QED) is 0.927. The second-order valence-electron chi connectivity index (χ2n) is 4.49. The highest BCUT2D eigenvalue weighted by atomic mass is 19.4. The van der Waals surface area contributed by atoms with Gasteiger partial charge >= 0.3 is 12.1 Å². The third-order valence-corrected chi connectivity index (χ3v) is 2.62. The third-order valence-electron chi connectivity index (χ3n) is 2.62. The topological polar surface area (TPSA) is 57.6 Å². The largest absolute Gasteiger partial charge is 0.478 e. The van der Waals surface area contributed by atoms with Crippen molar-refractivity contribution in [2.75, 3.05) is 6.54 Å². The maximum absolute atomic E-state index is 12.5. The number of carboxylic acids is 1. The SMILES string of the molecule is CC(C)N(CC(F)(F)F)C(=O)c1ccccc1C(=O)O. The lowest BCUT2D eigenvalue weighted by Gasteiger charge is -2.28. The Kier molecular flexibility index (Phi) is 4.75.